The molecule has 0 saturated carbocycles. The van der Waals surface area contributed by atoms with E-state index in [0.717, 1.165) is 0 Å². The van der Waals surface area contributed by atoms with Gasteiger partial charge in [0, 0.05) is 0 Å². The van der Waals surface area contributed by atoms with Crippen molar-refractivity contribution < 1.29 is 72.8 Å². The summed E-state index contributed by atoms with van der Waals surface area (Å²) in [6.07, 6.45) is -1.27. The van der Waals surface area contributed by atoms with Crippen LogP contribution in [0.4, 0.5) is 0 Å². The van der Waals surface area contributed by atoms with Gasteiger partial charge < -0.3 is 39.5 Å². The minimum Gasteiger partial charge on any atom is -0.808 e. The van der Waals surface area contributed by atoms with E-state index < -0.39 is 26.7 Å². The molecule has 0 heterocycles. The van der Waals surface area contributed by atoms with Gasteiger partial charge in [-0.2, -0.15) is 0 Å². The average molecular weight is 376 g/mol. The molecule has 0 aliphatic rings. The van der Waals surface area contributed by atoms with Gasteiger partial charge in [-0.15, -0.1) is 0 Å². The molecule has 0 aromatic heterocycles. The van der Waals surface area contributed by atoms with Crippen LogP contribution in [0.3, 0.4) is 0 Å². The summed E-state index contributed by atoms with van der Waals surface area (Å²) in [5, 5.41) is 5.22. The molecule has 86 valence electrons. The van der Waals surface area contributed by atoms with Crippen LogP contribution in [0.25, 0.3) is 0 Å². The van der Waals surface area contributed by atoms with Gasteiger partial charge in [-0.25, -0.2) is 0 Å². The number of hydrogen-bond acceptors (Lipinski definition) is 8. The Bertz CT molecular complexity index is 266. The third-order valence-corrected chi connectivity index (χ3v) is 5.26. The minimum absolute atomic E-state index is 0. The zero-order valence-electron chi connectivity index (χ0n) is 8.40. The maximum atomic E-state index is 10.4. The monoisotopic (exact) mass is 373 g/mol. The molecule has 0 aromatic carbocycles. The zero-order chi connectivity index (χ0) is 11.6. The van der Waals surface area contributed by atoms with Crippen LogP contribution in [-0.4, -0.2) is 16.7 Å². The van der Waals surface area contributed by atoms with Crippen molar-refractivity contribution in [1.82, 2.24) is 0 Å². The van der Waals surface area contributed by atoms with Crippen molar-refractivity contribution in [3.63, 3.8) is 0 Å². The molecule has 0 radical (unpaired) electrons. The van der Waals surface area contributed by atoms with Crippen molar-refractivity contribution in [2.24, 2.45) is 5.73 Å². The summed E-state index contributed by atoms with van der Waals surface area (Å²) < 4.78 is 20.8. The summed E-state index contributed by atoms with van der Waals surface area (Å²) in [4.78, 5) is 41.7. The van der Waals surface area contributed by atoms with Crippen LogP contribution in [0.1, 0.15) is 12.8 Å². The largest absolute Gasteiger partial charge is 2.00 e. The van der Waals surface area contributed by atoms with Gasteiger partial charge in [-0.3, -0.25) is 0 Å². The van der Waals surface area contributed by atoms with Crippen molar-refractivity contribution in [1.29, 1.82) is 0 Å². The standard InChI is InChI=1S/C4H13NO7P2.2Zn/c5-3-1-2-4(6,13(7,8)9)14(10,11)12;;/h6H,1-3,5H2,(H2,7,8,9)(H2,10,11,12);;/q;2*+2/p-4. The maximum Gasteiger partial charge on any atom is 2.00 e. The Morgan fingerprint density at radius 2 is 1.38 bits per heavy atom. The van der Waals surface area contributed by atoms with Gasteiger partial charge in [0.2, 0.25) is 0 Å². The molecule has 12 heteroatoms. The number of hydrogen-bond donors (Lipinski definition) is 2. The van der Waals surface area contributed by atoms with Crippen LogP contribution in [-0.2, 0) is 48.1 Å². The Labute approximate surface area is 118 Å². The molecule has 0 aliphatic carbocycles. The Hall–Kier alpha value is 1.47. The van der Waals surface area contributed by atoms with Crippen LogP contribution < -0.4 is 25.3 Å². The molecule has 0 rings (SSSR count). The first-order valence-electron chi connectivity index (χ1n) is 3.53. The summed E-state index contributed by atoms with van der Waals surface area (Å²) in [5.74, 6) is 0. The van der Waals surface area contributed by atoms with Gasteiger partial charge in [0.25, 0.3) is 0 Å². The molecular weight excluding hydrogens is 367 g/mol. The average Bonchev–Trinajstić information content (AvgIpc) is 1.95. The van der Waals surface area contributed by atoms with Crippen molar-refractivity contribution in [2.45, 2.75) is 17.9 Å². The summed E-state index contributed by atoms with van der Waals surface area (Å²) in [5.41, 5.74) is 4.92. The number of nitrogens with two attached hydrogens (primary N) is 1. The smallest absolute Gasteiger partial charge is 0.808 e. The normalized spacial score (nSPS) is 12.6. The molecular formula is C4H9NO7P2Zn2. The number of aliphatic hydroxyl groups is 1. The van der Waals surface area contributed by atoms with Crippen LogP contribution >= 0.6 is 15.2 Å². The first kappa shape index (κ1) is 22.6. The van der Waals surface area contributed by atoms with E-state index in [1.807, 2.05) is 0 Å². The predicted molar refractivity (Wildman–Crippen MR) is 38.5 cm³/mol. The Kier molecular flexibility index (Phi) is 11.0. The van der Waals surface area contributed by atoms with E-state index in [4.69, 9.17) is 10.8 Å². The Morgan fingerprint density at radius 3 is 1.56 bits per heavy atom. The van der Waals surface area contributed by atoms with E-state index >= 15 is 0 Å². The van der Waals surface area contributed by atoms with Crippen LogP contribution in [0.5, 0.6) is 0 Å². The minimum atomic E-state index is -5.93. The second-order valence-electron chi connectivity index (χ2n) is 2.66. The van der Waals surface area contributed by atoms with Crippen LogP contribution in [0.15, 0.2) is 0 Å². The topological polar surface area (TPSA) is 173 Å². The van der Waals surface area contributed by atoms with Crippen molar-refractivity contribution >= 4 is 15.2 Å². The molecule has 3 N–H and O–H groups in total. The fraction of sp³-hybridized carbons (Fsp3) is 1.00. The van der Waals surface area contributed by atoms with Gasteiger partial charge in [0.15, 0.2) is 0 Å². The van der Waals surface area contributed by atoms with E-state index in [1.54, 1.807) is 0 Å². The Morgan fingerprint density at radius 1 is 1.06 bits per heavy atom. The molecule has 0 amide bonds. The van der Waals surface area contributed by atoms with Crippen molar-refractivity contribution in [2.75, 3.05) is 6.54 Å². The predicted octanol–water partition coefficient (Wildman–Crippen LogP) is -3.81. The molecule has 0 aliphatic heterocycles. The van der Waals surface area contributed by atoms with Gasteiger partial charge in [-0.05, 0) is 34.6 Å². The van der Waals surface area contributed by atoms with Crippen LogP contribution in [0, 0.1) is 0 Å². The molecule has 0 spiro atoms. The maximum absolute atomic E-state index is 10.4. The van der Waals surface area contributed by atoms with E-state index in [0.29, 0.717) is 0 Å². The summed E-state index contributed by atoms with van der Waals surface area (Å²) >= 11 is 0. The SMILES string of the molecule is NCCCC(O)(P(=O)([O-])[O-])P(=O)([O-])[O-].[Zn+2].[Zn+2]. The fourth-order valence-electron chi connectivity index (χ4n) is 0.763. The van der Waals surface area contributed by atoms with Gasteiger partial charge in [0.1, 0.15) is 5.08 Å². The zero-order valence-corrected chi connectivity index (χ0v) is 16.1. The first-order valence-corrected chi connectivity index (χ1v) is 6.61. The van der Waals surface area contributed by atoms with E-state index in [9.17, 15) is 28.7 Å². The molecule has 0 bridgehead atoms. The molecule has 16 heavy (non-hydrogen) atoms. The van der Waals surface area contributed by atoms with E-state index in [-0.39, 0.29) is 51.9 Å². The molecule has 0 unspecified atom stereocenters. The van der Waals surface area contributed by atoms with E-state index in [2.05, 4.69) is 0 Å². The van der Waals surface area contributed by atoms with Gasteiger partial charge >= 0.3 is 39.0 Å². The third kappa shape index (κ3) is 5.41. The summed E-state index contributed by atoms with van der Waals surface area (Å²) in [6.45, 7) is -0.150. The summed E-state index contributed by atoms with van der Waals surface area (Å²) in [6, 6.07) is 0. The van der Waals surface area contributed by atoms with Crippen molar-refractivity contribution in [3.8, 4) is 0 Å². The third-order valence-electron chi connectivity index (χ3n) is 1.59. The second kappa shape index (κ2) is 7.80. The van der Waals surface area contributed by atoms with Gasteiger partial charge in [-0.1, -0.05) is 0 Å². The fourth-order valence-corrected chi connectivity index (χ4v) is 2.83. The van der Waals surface area contributed by atoms with Gasteiger partial charge in [0.05, 0.1) is 0 Å². The first-order chi connectivity index (χ1) is 6.06. The molecule has 0 saturated heterocycles. The Balaban J connectivity index is -0.000000845. The van der Waals surface area contributed by atoms with Crippen molar-refractivity contribution in [3.05, 3.63) is 0 Å². The molecule has 0 fully saturated rings. The molecule has 0 aromatic rings. The quantitative estimate of drug-likeness (QED) is 0.363. The number of rotatable bonds is 5. The molecule has 8 nitrogen and oxygen atoms in total. The second-order valence-corrected chi connectivity index (χ2v) is 6.48. The van der Waals surface area contributed by atoms with Crippen LogP contribution in [0.2, 0.25) is 0 Å². The summed E-state index contributed by atoms with van der Waals surface area (Å²) in [7, 11) is -11.9. The van der Waals surface area contributed by atoms with E-state index in [1.165, 1.54) is 0 Å². The molecule has 0 atom stereocenters.